The zero-order chi connectivity index (χ0) is 15.5. The molecule has 0 fully saturated rings. The molecule has 0 aliphatic rings. The topological polar surface area (TPSA) is 18.5 Å². The number of benzene rings is 2. The minimum absolute atomic E-state index is 0.0295. The molecular weight excluding hydrogens is 295 g/mol. The molecule has 0 aliphatic carbocycles. The van der Waals surface area contributed by atoms with Gasteiger partial charge in [-0.3, -0.25) is 0 Å². The molecule has 0 N–H and O–H groups in total. The smallest absolute Gasteiger partial charge is 0.435 e. The van der Waals surface area contributed by atoms with Gasteiger partial charge >= 0.3 is 13.0 Å². The molecular formula is C14H9F5O2. The predicted molar refractivity (Wildman–Crippen MR) is 65.2 cm³/mol. The molecule has 0 heterocycles. The Bertz CT molecular complexity index is 593. The highest BCUT2D eigenvalue weighted by Crippen LogP contribution is 2.28. The van der Waals surface area contributed by atoms with E-state index in [-0.39, 0.29) is 11.5 Å². The van der Waals surface area contributed by atoms with Gasteiger partial charge in [-0.15, -0.1) is 13.2 Å². The summed E-state index contributed by atoms with van der Waals surface area (Å²) < 4.78 is 68.3. The molecule has 0 bridgehead atoms. The van der Waals surface area contributed by atoms with E-state index in [2.05, 4.69) is 9.47 Å². The lowest BCUT2D eigenvalue weighted by Crippen LogP contribution is -2.16. The average Bonchev–Trinajstić information content (AvgIpc) is 2.37. The Hall–Kier alpha value is -2.31. The molecule has 2 aromatic rings. The maximum atomic E-state index is 12.1. The van der Waals surface area contributed by atoms with Crippen LogP contribution >= 0.6 is 0 Å². The molecule has 0 amide bonds. The highest BCUT2D eigenvalue weighted by atomic mass is 19.4. The van der Waals surface area contributed by atoms with E-state index in [4.69, 9.17) is 0 Å². The Morgan fingerprint density at radius 3 is 2.05 bits per heavy atom. The van der Waals surface area contributed by atoms with Crippen molar-refractivity contribution in [3.63, 3.8) is 0 Å². The van der Waals surface area contributed by atoms with Gasteiger partial charge in [-0.25, -0.2) is 0 Å². The number of hydrogen-bond donors (Lipinski definition) is 0. The Kier molecular flexibility index (Phi) is 4.30. The summed E-state index contributed by atoms with van der Waals surface area (Å²) in [5.74, 6) is -0.385. The fraction of sp³-hybridized carbons (Fsp3) is 0.143. The van der Waals surface area contributed by atoms with Crippen LogP contribution in [-0.2, 0) is 0 Å². The van der Waals surface area contributed by atoms with Crippen molar-refractivity contribution < 1.29 is 31.4 Å². The fourth-order valence-corrected chi connectivity index (χ4v) is 1.70. The fourth-order valence-electron chi connectivity index (χ4n) is 1.70. The molecule has 7 heteroatoms. The summed E-state index contributed by atoms with van der Waals surface area (Å²) in [5, 5.41) is 0. The van der Waals surface area contributed by atoms with Crippen molar-refractivity contribution >= 4 is 0 Å². The zero-order valence-electron chi connectivity index (χ0n) is 10.4. The van der Waals surface area contributed by atoms with E-state index >= 15 is 0 Å². The quantitative estimate of drug-likeness (QED) is 0.751. The van der Waals surface area contributed by atoms with Crippen molar-refractivity contribution in [2.24, 2.45) is 0 Å². The van der Waals surface area contributed by atoms with Crippen LogP contribution < -0.4 is 9.47 Å². The van der Waals surface area contributed by atoms with Gasteiger partial charge in [0.1, 0.15) is 11.5 Å². The Morgan fingerprint density at radius 1 is 0.810 bits per heavy atom. The summed E-state index contributed by atoms with van der Waals surface area (Å²) in [6, 6.07) is 10.9. The van der Waals surface area contributed by atoms with Crippen LogP contribution in [0.2, 0.25) is 0 Å². The van der Waals surface area contributed by atoms with Gasteiger partial charge in [-0.1, -0.05) is 24.3 Å². The first kappa shape index (κ1) is 15.1. The Balaban J connectivity index is 2.18. The highest BCUT2D eigenvalue weighted by Gasteiger charge is 2.30. The second-order valence-electron chi connectivity index (χ2n) is 3.98. The number of alkyl halides is 5. The number of ether oxygens (including phenoxy) is 2. The molecule has 2 aromatic carbocycles. The number of hydrogen-bond acceptors (Lipinski definition) is 2. The molecule has 0 aromatic heterocycles. The zero-order valence-corrected chi connectivity index (χ0v) is 10.4. The summed E-state index contributed by atoms with van der Waals surface area (Å²) in [4.78, 5) is 0. The summed E-state index contributed by atoms with van der Waals surface area (Å²) in [6.07, 6.45) is -4.76. The van der Waals surface area contributed by atoms with E-state index in [0.717, 1.165) is 12.1 Å². The van der Waals surface area contributed by atoms with Gasteiger partial charge in [0.2, 0.25) is 0 Å². The summed E-state index contributed by atoms with van der Waals surface area (Å²) in [5.41, 5.74) is 1.08. The summed E-state index contributed by atoms with van der Waals surface area (Å²) in [7, 11) is 0. The molecule has 0 radical (unpaired) electrons. The van der Waals surface area contributed by atoms with Crippen LogP contribution in [0, 0.1) is 0 Å². The van der Waals surface area contributed by atoms with Gasteiger partial charge in [-0.05, 0) is 35.4 Å². The maximum Gasteiger partial charge on any atom is 0.573 e. The monoisotopic (exact) mass is 304 g/mol. The molecule has 0 aliphatic heterocycles. The third kappa shape index (κ3) is 4.62. The molecule has 0 spiro atoms. The SMILES string of the molecule is FC(F)Oc1cccc(-c2ccc(OC(F)(F)F)cc2)c1. The largest absolute Gasteiger partial charge is 0.573 e. The first-order chi connectivity index (χ1) is 9.83. The summed E-state index contributed by atoms with van der Waals surface area (Å²) >= 11 is 0. The van der Waals surface area contributed by atoms with E-state index in [1.165, 1.54) is 30.3 Å². The van der Waals surface area contributed by atoms with Crippen molar-refractivity contribution in [1.82, 2.24) is 0 Å². The number of rotatable bonds is 4. The molecule has 0 saturated heterocycles. The first-order valence-electron chi connectivity index (χ1n) is 5.74. The molecule has 0 atom stereocenters. The second kappa shape index (κ2) is 5.99. The lowest BCUT2D eigenvalue weighted by atomic mass is 10.1. The van der Waals surface area contributed by atoms with E-state index in [9.17, 15) is 22.0 Å². The molecule has 112 valence electrons. The van der Waals surface area contributed by atoms with Crippen LogP contribution in [0.1, 0.15) is 0 Å². The first-order valence-corrected chi connectivity index (χ1v) is 5.74. The van der Waals surface area contributed by atoms with Crippen molar-refractivity contribution in [3.8, 4) is 22.6 Å². The Labute approximate surface area is 116 Å². The van der Waals surface area contributed by atoms with Gasteiger partial charge in [0.15, 0.2) is 0 Å². The van der Waals surface area contributed by atoms with Crippen LogP contribution in [0.5, 0.6) is 11.5 Å². The van der Waals surface area contributed by atoms with Gasteiger partial charge in [-0.2, -0.15) is 8.78 Å². The molecule has 2 nitrogen and oxygen atoms in total. The van der Waals surface area contributed by atoms with Crippen molar-refractivity contribution in [2.75, 3.05) is 0 Å². The van der Waals surface area contributed by atoms with Gasteiger partial charge in [0, 0.05) is 0 Å². The third-order valence-electron chi connectivity index (χ3n) is 2.48. The predicted octanol–water partition coefficient (Wildman–Crippen LogP) is 4.85. The van der Waals surface area contributed by atoms with E-state index in [1.54, 1.807) is 6.07 Å². The Morgan fingerprint density at radius 2 is 1.48 bits per heavy atom. The van der Waals surface area contributed by atoms with Crippen LogP contribution in [0.4, 0.5) is 22.0 Å². The minimum Gasteiger partial charge on any atom is -0.435 e. The van der Waals surface area contributed by atoms with Crippen LogP contribution in [0.15, 0.2) is 48.5 Å². The summed E-state index contributed by atoms with van der Waals surface area (Å²) in [6.45, 7) is -2.94. The van der Waals surface area contributed by atoms with Crippen LogP contribution in [-0.4, -0.2) is 13.0 Å². The van der Waals surface area contributed by atoms with Crippen molar-refractivity contribution in [3.05, 3.63) is 48.5 Å². The van der Waals surface area contributed by atoms with E-state index < -0.39 is 13.0 Å². The van der Waals surface area contributed by atoms with Crippen LogP contribution in [0.25, 0.3) is 11.1 Å². The maximum absolute atomic E-state index is 12.1. The second-order valence-corrected chi connectivity index (χ2v) is 3.98. The van der Waals surface area contributed by atoms with E-state index in [0.29, 0.717) is 11.1 Å². The van der Waals surface area contributed by atoms with Gasteiger partial charge in [0.25, 0.3) is 0 Å². The lowest BCUT2D eigenvalue weighted by Gasteiger charge is -2.10. The third-order valence-corrected chi connectivity index (χ3v) is 2.48. The van der Waals surface area contributed by atoms with Gasteiger partial charge < -0.3 is 9.47 Å². The molecule has 2 rings (SSSR count). The highest BCUT2D eigenvalue weighted by molar-refractivity contribution is 5.65. The normalized spacial score (nSPS) is 11.5. The minimum atomic E-state index is -4.76. The van der Waals surface area contributed by atoms with Gasteiger partial charge in [0.05, 0.1) is 0 Å². The molecule has 0 unspecified atom stereocenters. The van der Waals surface area contributed by atoms with Crippen molar-refractivity contribution in [1.29, 1.82) is 0 Å². The number of halogens is 5. The van der Waals surface area contributed by atoms with E-state index in [1.807, 2.05) is 0 Å². The lowest BCUT2D eigenvalue weighted by molar-refractivity contribution is -0.274. The molecule has 0 saturated carbocycles. The van der Waals surface area contributed by atoms with Crippen LogP contribution in [0.3, 0.4) is 0 Å². The molecule has 21 heavy (non-hydrogen) atoms. The standard InChI is InChI=1S/C14H9F5O2/c15-13(16)20-12-3-1-2-10(8-12)9-4-6-11(7-5-9)21-14(17,18)19/h1-8,13H. The van der Waals surface area contributed by atoms with Crippen molar-refractivity contribution in [2.45, 2.75) is 13.0 Å². The average molecular weight is 304 g/mol.